The Bertz CT molecular complexity index is 514. The molecule has 1 aromatic carbocycles. The van der Waals surface area contributed by atoms with Gasteiger partial charge in [0.2, 0.25) is 0 Å². The van der Waals surface area contributed by atoms with Gasteiger partial charge < -0.3 is 5.11 Å². The fourth-order valence-corrected chi connectivity index (χ4v) is 2.54. The summed E-state index contributed by atoms with van der Waals surface area (Å²) >= 11 is 3.12. The Hall–Kier alpha value is -1.23. The molecule has 0 aliphatic rings. The van der Waals surface area contributed by atoms with Gasteiger partial charge in [-0.2, -0.15) is 0 Å². The van der Waals surface area contributed by atoms with Gasteiger partial charge in [-0.3, -0.25) is 4.79 Å². The summed E-state index contributed by atoms with van der Waals surface area (Å²) in [6, 6.07) is 2.14. The normalized spacial score (nSPS) is 12.2. The SMILES string of the molecule is CCCCC(C)CC(=O)c1cc(C(=O)O)c(F)cc1Br. The third-order valence-electron chi connectivity index (χ3n) is 3.17. The summed E-state index contributed by atoms with van der Waals surface area (Å²) in [7, 11) is 0. The van der Waals surface area contributed by atoms with Crippen molar-refractivity contribution in [2.75, 3.05) is 0 Å². The molecule has 0 aliphatic carbocycles. The molecule has 0 spiro atoms. The molecule has 1 N–H and O–H groups in total. The molecule has 0 fully saturated rings. The number of ketones is 1. The summed E-state index contributed by atoms with van der Waals surface area (Å²) in [5, 5.41) is 8.89. The average molecular weight is 345 g/mol. The van der Waals surface area contributed by atoms with Gasteiger partial charge in [0.25, 0.3) is 0 Å². The molecule has 0 bridgehead atoms. The summed E-state index contributed by atoms with van der Waals surface area (Å²) in [4.78, 5) is 23.1. The Labute approximate surface area is 126 Å². The molecule has 0 radical (unpaired) electrons. The van der Waals surface area contributed by atoms with Gasteiger partial charge in [-0.05, 0) is 34.0 Å². The highest BCUT2D eigenvalue weighted by Gasteiger charge is 2.19. The fourth-order valence-electron chi connectivity index (χ4n) is 2.01. The maximum Gasteiger partial charge on any atom is 0.338 e. The smallest absolute Gasteiger partial charge is 0.338 e. The Balaban J connectivity index is 2.92. The highest BCUT2D eigenvalue weighted by molar-refractivity contribution is 9.10. The van der Waals surface area contributed by atoms with Crippen LogP contribution in [0.1, 0.15) is 60.2 Å². The van der Waals surface area contributed by atoms with Crippen LogP contribution < -0.4 is 0 Å². The van der Waals surface area contributed by atoms with E-state index in [1.807, 2.05) is 6.92 Å². The number of hydrogen-bond donors (Lipinski definition) is 1. The van der Waals surface area contributed by atoms with Crippen molar-refractivity contribution in [2.24, 2.45) is 5.92 Å². The molecule has 0 saturated carbocycles. The van der Waals surface area contributed by atoms with E-state index in [2.05, 4.69) is 22.9 Å². The van der Waals surface area contributed by atoms with Crippen LogP contribution in [0.3, 0.4) is 0 Å². The number of Topliss-reactive ketones (excluding diaryl/α,β-unsaturated/α-hetero) is 1. The predicted octanol–water partition coefficient (Wildman–Crippen LogP) is 4.69. The predicted molar refractivity (Wildman–Crippen MR) is 78.7 cm³/mol. The van der Waals surface area contributed by atoms with Gasteiger partial charge in [-0.1, -0.05) is 33.1 Å². The van der Waals surface area contributed by atoms with Crippen LogP contribution in [0.2, 0.25) is 0 Å². The zero-order valence-electron chi connectivity index (χ0n) is 11.6. The van der Waals surface area contributed by atoms with Gasteiger partial charge in [0.1, 0.15) is 5.82 Å². The van der Waals surface area contributed by atoms with Crippen molar-refractivity contribution >= 4 is 27.7 Å². The monoisotopic (exact) mass is 344 g/mol. The molecule has 20 heavy (non-hydrogen) atoms. The Morgan fingerprint density at radius 2 is 2.00 bits per heavy atom. The van der Waals surface area contributed by atoms with E-state index in [9.17, 15) is 14.0 Å². The lowest BCUT2D eigenvalue weighted by Crippen LogP contribution is -2.10. The molecule has 0 heterocycles. The van der Waals surface area contributed by atoms with Crippen LogP contribution >= 0.6 is 15.9 Å². The number of hydrogen-bond acceptors (Lipinski definition) is 2. The number of aromatic carboxylic acids is 1. The second-order valence-electron chi connectivity index (χ2n) is 4.99. The summed E-state index contributed by atoms with van der Waals surface area (Å²) in [5.74, 6) is -2.15. The molecule has 1 unspecified atom stereocenters. The van der Waals surface area contributed by atoms with Crippen molar-refractivity contribution in [3.05, 3.63) is 33.5 Å². The fraction of sp³-hybridized carbons (Fsp3) is 0.467. The minimum Gasteiger partial charge on any atom is -0.478 e. The lowest BCUT2D eigenvalue weighted by Gasteiger charge is -2.11. The number of carbonyl (C=O) groups excluding carboxylic acids is 1. The van der Waals surface area contributed by atoms with E-state index in [0.29, 0.717) is 10.9 Å². The molecule has 3 nitrogen and oxygen atoms in total. The molecule has 0 aliphatic heterocycles. The summed E-state index contributed by atoms with van der Waals surface area (Å²) in [6.07, 6.45) is 3.41. The van der Waals surface area contributed by atoms with Gasteiger partial charge in [0.05, 0.1) is 5.56 Å². The van der Waals surface area contributed by atoms with Crippen molar-refractivity contribution < 1.29 is 19.1 Å². The third kappa shape index (κ3) is 4.40. The topological polar surface area (TPSA) is 54.4 Å². The number of halogens is 2. The highest BCUT2D eigenvalue weighted by atomic mass is 79.9. The maximum absolute atomic E-state index is 13.5. The average Bonchev–Trinajstić information content (AvgIpc) is 2.35. The van der Waals surface area contributed by atoms with Crippen LogP contribution in [0.25, 0.3) is 0 Å². The highest BCUT2D eigenvalue weighted by Crippen LogP contribution is 2.25. The standard InChI is InChI=1S/C15H18BrFO3/c1-3-4-5-9(2)6-14(18)10-7-11(15(19)20)13(17)8-12(10)16/h7-9H,3-6H2,1-2H3,(H,19,20). The second-order valence-corrected chi connectivity index (χ2v) is 5.85. The van der Waals surface area contributed by atoms with Crippen LogP contribution in [0.5, 0.6) is 0 Å². The minimum absolute atomic E-state index is 0.164. The first-order chi connectivity index (χ1) is 9.36. The number of carboxylic acids is 1. The zero-order chi connectivity index (χ0) is 15.3. The number of rotatable bonds is 7. The van der Waals surface area contributed by atoms with Crippen molar-refractivity contribution in [1.29, 1.82) is 0 Å². The molecule has 0 saturated heterocycles. The molecule has 1 atom stereocenters. The minimum atomic E-state index is -1.37. The van der Waals surface area contributed by atoms with E-state index in [0.717, 1.165) is 31.4 Å². The van der Waals surface area contributed by atoms with E-state index >= 15 is 0 Å². The molecule has 110 valence electrons. The largest absolute Gasteiger partial charge is 0.478 e. The second kappa shape index (κ2) is 7.53. The zero-order valence-corrected chi connectivity index (χ0v) is 13.2. The van der Waals surface area contributed by atoms with Crippen LogP contribution in [0, 0.1) is 11.7 Å². The van der Waals surface area contributed by atoms with Crippen molar-refractivity contribution in [1.82, 2.24) is 0 Å². The van der Waals surface area contributed by atoms with Gasteiger partial charge in [0.15, 0.2) is 5.78 Å². The first-order valence-corrected chi connectivity index (χ1v) is 7.41. The van der Waals surface area contributed by atoms with Crippen LogP contribution in [-0.4, -0.2) is 16.9 Å². The van der Waals surface area contributed by atoms with Gasteiger partial charge in [-0.15, -0.1) is 0 Å². The van der Waals surface area contributed by atoms with Crippen LogP contribution in [0.15, 0.2) is 16.6 Å². The van der Waals surface area contributed by atoms with E-state index in [-0.39, 0.29) is 17.3 Å². The number of unbranched alkanes of at least 4 members (excludes halogenated alkanes) is 1. The first kappa shape index (κ1) is 16.8. The van der Waals surface area contributed by atoms with E-state index < -0.39 is 17.3 Å². The first-order valence-electron chi connectivity index (χ1n) is 6.62. The van der Waals surface area contributed by atoms with Crippen LogP contribution in [-0.2, 0) is 0 Å². The quantitative estimate of drug-likeness (QED) is 0.730. The van der Waals surface area contributed by atoms with E-state index in [1.54, 1.807) is 0 Å². The van der Waals surface area contributed by atoms with Crippen molar-refractivity contribution in [2.45, 2.75) is 39.5 Å². The van der Waals surface area contributed by atoms with Gasteiger partial charge in [0, 0.05) is 16.5 Å². The molecule has 5 heteroatoms. The molecule has 0 amide bonds. The summed E-state index contributed by atoms with van der Waals surface area (Å²) in [5.41, 5.74) is -0.245. The van der Waals surface area contributed by atoms with E-state index in [4.69, 9.17) is 5.11 Å². The molecule has 0 aromatic heterocycles. The summed E-state index contributed by atoms with van der Waals surface area (Å²) < 4.78 is 13.8. The Kier molecular flexibility index (Phi) is 6.33. The van der Waals surface area contributed by atoms with Gasteiger partial charge >= 0.3 is 5.97 Å². The van der Waals surface area contributed by atoms with E-state index in [1.165, 1.54) is 0 Å². The van der Waals surface area contributed by atoms with Crippen molar-refractivity contribution in [3.63, 3.8) is 0 Å². The molecular weight excluding hydrogens is 327 g/mol. The lowest BCUT2D eigenvalue weighted by molar-refractivity contribution is 0.0692. The van der Waals surface area contributed by atoms with Crippen LogP contribution in [0.4, 0.5) is 4.39 Å². The number of carboxylic acid groups (broad SMARTS) is 1. The maximum atomic E-state index is 13.5. The third-order valence-corrected chi connectivity index (χ3v) is 3.83. The molecular formula is C15H18BrFO3. The lowest BCUT2D eigenvalue weighted by atomic mass is 9.94. The summed E-state index contributed by atoms with van der Waals surface area (Å²) in [6.45, 7) is 4.08. The Morgan fingerprint density at radius 3 is 2.55 bits per heavy atom. The molecule has 1 aromatic rings. The van der Waals surface area contributed by atoms with Gasteiger partial charge in [-0.25, -0.2) is 9.18 Å². The molecule has 1 rings (SSSR count). The van der Waals surface area contributed by atoms with Crippen molar-refractivity contribution in [3.8, 4) is 0 Å². The number of benzene rings is 1. The number of carbonyl (C=O) groups is 2. The Morgan fingerprint density at radius 1 is 1.35 bits per heavy atom.